The molecule has 0 unspecified atom stereocenters. The third-order valence-corrected chi connectivity index (χ3v) is 1.88. The van der Waals surface area contributed by atoms with Crippen molar-refractivity contribution in [1.82, 2.24) is 10.2 Å². The van der Waals surface area contributed by atoms with Gasteiger partial charge in [-0.25, -0.2) is 0 Å². The van der Waals surface area contributed by atoms with Gasteiger partial charge in [0.15, 0.2) is 5.82 Å². The zero-order valence-electron chi connectivity index (χ0n) is 6.76. The molecule has 0 saturated heterocycles. The van der Waals surface area contributed by atoms with E-state index in [2.05, 4.69) is 15.5 Å². The number of fused-ring (bicyclic) bond motifs is 1. The van der Waals surface area contributed by atoms with E-state index in [0.717, 1.165) is 16.6 Å². The van der Waals surface area contributed by atoms with E-state index in [1.807, 2.05) is 25.2 Å². The fourth-order valence-electron chi connectivity index (χ4n) is 1.19. The molecule has 1 heterocycles. The first kappa shape index (κ1) is 6.97. The van der Waals surface area contributed by atoms with Crippen molar-refractivity contribution in [3.8, 4) is 0 Å². The lowest BCUT2D eigenvalue weighted by Crippen LogP contribution is -1.87. The number of aromatic amines is 1. The molecule has 0 atom stereocenters. The Morgan fingerprint density at radius 1 is 1.50 bits per heavy atom. The summed E-state index contributed by atoms with van der Waals surface area (Å²) >= 11 is 0. The van der Waals surface area contributed by atoms with E-state index in [0.29, 0.717) is 5.82 Å². The summed E-state index contributed by atoms with van der Waals surface area (Å²) in [7, 11) is 1.87. The molecule has 0 bridgehead atoms. The molecule has 0 aliphatic heterocycles. The SMILES string of the molecule is CNc1ccc2[nH]nc(N)c2c1. The first-order valence-corrected chi connectivity index (χ1v) is 3.72. The monoisotopic (exact) mass is 162 g/mol. The summed E-state index contributed by atoms with van der Waals surface area (Å²) in [5, 5.41) is 10.7. The molecule has 0 radical (unpaired) electrons. The van der Waals surface area contributed by atoms with Gasteiger partial charge in [0.05, 0.1) is 5.52 Å². The molecule has 0 saturated carbocycles. The van der Waals surface area contributed by atoms with Crippen molar-refractivity contribution in [1.29, 1.82) is 0 Å². The standard InChI is InChI=1S/C8H10N4/c1-10-5-2-3-7-6(4-5)8(9)12-11-7/h2-4,10H,1H3,(H3,9,11,12). The van der Waals surface area contributed by atoms with Crippen LogP contribution >= 0.6 is 0 Å². The lowest BCUT2D eigenvalue weighted by Gasteiger charge is -1.98. The summed E-state index contributed by atoms with van der Waals surface area (Å²) in [4.78, 5) is 0. The predicted octanol–water partition coefficient (Wildman–Crippen LogP) is 1.19. The maximum Gasteiger partial charge on any atom is 0.153 e. The number of hydrogen-bond acceptors (Lipinski definition) is 3. The zero-order valence-corrected chi connectivity index (χ0v) is 6.76. The number of aromatic nitrogens is 2. The molecular weight excluding hydrogens is 152 g/mol. The molecule has 0 aliphatic carbocycles. The van der Waals surface area contributed by atoms with Gasteiger partial charge in [-0.2, -0.15) is 5.10 Å². The Balaban J connectivity index is 2.71. The average Bonchev–Trinajstić information content (AvgIpc) is 2.47. The molecule has 4 nitrogen and oxygen atoms in total. The van der Waals surface area contributed by atoms with Gasteiger partial charge in [0.2, 0.25) is 0 Å². The fourth-order valence-corrected chi connectivity index (χ4v) is 1.19. The number of nitrogens with one attached hydrogen (secondary N) is 2. The van der Waals surface area contributed by atoms with Crippen LogP contribution in [0.15, 0.2) is 18.2 Å². The summed E-state index contributed by atoms with van der Waals surface area (Å²) in [5.41, 5.74) is 7.63. The van der Waals surface area contributed by atoms with Crippen molar-refractivity contribution >= 4 is 22.4 Å². The van der Waals surface area contributed by atoms with Gasteiger partial charge in [-0.1, -0.05) is 0 Å². The largest absolute Gasteiger partial charge is 0.388 e. The summed E-state index contributed by atoms with van der Waals surface area (Å²) in [5.74, 6) is 0.544. The summed E-state index contributed by atoms with van der Waals surface area (Å²) in [6.07, 6.45) is 0. The molecule has 62 valence electrons. The second kappa shape index (κ2) is 2.41. The van der Waals surface area contributed by atoms with E-state index < -0.39 is 0 Å². The minimum Gasteiger partial charge on any atom is -0.388 e. The van der Waals surface area contributed by atoms with E-state index >= 15 is 0 Å². The van der Waals surface area contributed by atoms with Crippen LogP contribution in [0.3, 0.4) is 0 Å². The first-order valence-electron chi connectivity index (χ1n) is 3.72. The van der Waals surface area contributed by atoms with Gasteiger partial charge in [-0.15, -0.1) is 0 Å². The van der Waals surface area contributed by atoms with Crippen LogP contribution in [0.5, 0.6) is 0 Å². The van der Waals surface area contributed by atoms with Crippen LogP contribution in [-0.4, -0.2) is 17.2 Å². The van der Waals surface area contributed by atoms with Gasteiger partial charge in [0.1, 0.15) is 0 Å². The van der Waals surface area contributed by atoms with Gasteiger partial charge in [-0.3, -0.25) is 5.10 Å². The van der Waals surface area contributed by atoms with Crippen molar-refractivity contribution in [2.45, 2.75) is 0 Å². The van der Waals surface area contributed by atoms with Gasteiger partial charge >= 0.3 is 0 Å². The molecule has 0 fully saturated rings. The number of H-pyrrole nitrogens is 1. The number of anilines is 2. The normalized spacial score (nSPS) is 10.4. The molecule has 12 heavy (non-hydrogen) atoms. The summed E-state index contributed by atoms with van der Waals surface area (Å²) < 4.78 is 0. The maximum absolute atomic E-state index is 5.63. The maximum atomic E-state index is 5.63. The van der Waals surface area contributed by atoms with Crippen LogP contribution in [-0.2, 0) is 0 Å². The topological polar surface area (TPSA) is 66.7 Å². The van der Waals surface area contributed by atoms with E-state index in [-0.39, 0.29) is 0 Å². The van der Waals surface area contributed by atoms with E-state index in [1.54, 1.807) is 0 Å². The van der Waals surface area contributed by atoms with Gasteiger partial charge in [0, 0.05) is 18.1 Å². The molecule has 0 amide bonds. The number of benzene rings is 1. The highest BCUT2D eigenvalue weighted by molar-refractivity contribution is 5.91. The van der Waals surface area contributed by atoms with Crippen LogP contribution in [0.2, 0.25) is 0 Å². The molecule has 1 aromatic carbocycles. The Hall–Kier alpha value is -1.71. The lowest BCUT2D eigenvalue weighted by atomic mass is 10.2. The van der Waals surface area contributed by atoms with Crippen LogP contribution in [0.25, 0.3) is 10.9 Å². The summed E-state index contributed by atoms with van der Waals surface area (Å²) in [6.45, 7) is 0. The van der Waals surface area contributed by atoms with Crippen LogP contribution in [0.1, 0.15) is 0 Å². The quantitative estimate of drug-likeness (QED) is 0.590. The fraction of sp³-hybridized carbons (Fsp3) is 0.125. The smallest absolute Gasteiger partial charge is 0.153 e. The number of rotatable bonds is 1. The molecule has 1 aromatic heterocycles. The molecule has 4 N–H and O–H groups in total. The number of hydrogen-bond donors (Lipinski definition) is 3. The lowest BCUT2D eigenvalue weighted by molar-refractivity contribution is 1.13. The highest BCUT2D eigenvalue weighted by atomic mass is 15.1. The Bertz CT molecular complexity index is 404. The third kappa shape index (κ3) is 0.887. The van der Waals surface area contributed by atoms with Crippen molar-refractivity contribution in [2.75, 3.05) is 18.1 Å². The van der Waals surface area contributed by atoms with Crippen molar-refractivity contribution in [2.24, 2.45) is 0 Å². The Morgan fingerprint density at radius 2 is 2.33 bits per heavy atom. The molecule has 0 aliphatic rings. The Morgan fingerprint density at radius 3 is 3.08 bits per heavy atom. The molecule has 2 rings (SSSR count). The Kier molecular flexibility index (Phi) is 1.40. The van der Waals surface area contributed by atoms with Crippen molar-refractivity contribution in [3.63, 3.8) is 0 Å². The van der Waals surface area contributed by atoms with Crippen LogP contribution in [0, 0.1) is 0 Å². The second-order valence-electron chi connectivity index (χ2n) is 2.62. The summed E-state index contributed by atoms with van der Waals surface area (Å²) in [6, 6.07) is 5.89. The molecular formula is C8H10N4. The van der Waals surface area contributed by atoms with Crippen molar-refractivity contribution < 1.29 is 0 Å². The predicted molar refractivity (Wildman–Crippen MR) is 50.1 cm³/mol. The molecule has 0 spiro atoms. The molecule has 4 heteroatoms. The minimum absolute atomic E-state index is 0.544. The average molecular weight is 162 g/mol. The van der Waals surface area contributed by atoms with Crippen LogP contribution < -0.4 is 11.1 Å². The van der Waals surface area contributed by atoms with Crippen molar-refractivity contribution in [3.05, 3.63) is 18.2 Å². The second-order valence-corrected chi connectivity index (χ2v) is 2.62. The first-order chi connectivity index (χ1) is 5.81. The minimum atomic E-state index is 0.544. The van der Waals surface area contributed by atoms with Gasteiger partial charge in [-0.05, 0) is 18.2 Å². The van der Waals surface area contributed by atoms with E-state index in [4.69, 9.17) is 5.73 Å². The van der Waals surface area contributed by atoms with E-state index in [1.165, 1.54) is 0 Å². The molecule has 2 aromatic rings. The Labute approximate surface area is 69.8 Å². The van der Waals surface area contributed by atoms with Crippen LogP contribution in [0.4, 0.5) is 11.5 Å². The van der Waals surface area contributed by atoms with Gasteiger partial charge in [0.25, 0.3) is 0 Å². The highest BCUT2D eigenvalue weighted by Gasteiger charge is 2.01. The van der Waals surface area contributed by atoms with E-state index in [9.17, 15) is 0 Å². The highest BCUT2D eigenvalue weighted by Crippen LogP contribution is 2.21. The zero-order chi connectivity index (χ0) is 8.55. The number of nitrogens with zero attached hydrogens (tertiary/aromatic N) is 1. The number of nitrogens with two attached hydrogens (primary N) is 1. The van der Waals surface area contributed by atoms with Gasteiger partial charge < -0.3 is 11.1 Å². The number of nitrogen functional groups attached to an aromatic ring is 1. The third-order valence-electron chi connectivity index (χ3n) is 1.88.